The van der Waals surface area contributed by atoms with Crippen molar-refractivity contribution in [1.29, 1.82) is 0 Å². The first-order valence-corrected chi connectivity index (χ1v) is 11.7. The van der Waals surface area contributed by atoms with Gasteiger partial charge in [-0.3, -0.25) is 9.79 Å². The number of piperidine rings is 1. The Morgan fingerprint density at radius 2 is 2.10 bits per heavy atom. The second-order valence-corrected chi connectivity index (χ2v) is 8.73. The molecule has 0 spiro atoms. The van der Waals surface area contributed by atoms with E-state index in [0.29, 0.717) is 29.7 Å². The summed E-state index contributed by atoms with van der Waals surface area (Å²) in [6, 6.07) is 10.3. The molecule has 30 heavy (non-hydrogen) atoms. The van der Waals surface area contributed by atoms with Crippen LogP contribution in [0.15, 0.2) is 40.7 Å². The third-order valence-corrected chi connectivity index (χ3v) is 6.25. The maximum Gasteiger partial charge on any atom is 0.226 e. The van der Waals surface area contributed by atoms with Crippen LogP contribution >= 0.6 is 22.9 Å². The zero-order chi connectivity index (χ0) is 21.3. The molecular formula is C22H30ClN5OS. The van der Waals surface area contributed by atoms with Crippen LogP contribution in [0, 0.1) is 6.92 Å². The third kappa shape index (κ3) is 6.64. The van der Waals surface area contributed by atoms with Crippen molar-refractivity contribution < 1.29 is 4.79 Å². The number of rotatable bonds is 7. The minimum absolute atomic E-state index is 0.0930. The predicted molar refractivity (Wildman–Crippen MR) is 128 cm³/mol. The quantitative estimate of drug-likeness (QED) is 0.438. The lowest BCUT2D eigenvalue weighted by atomic mass is 10.1. The third-order valence-electron chi connectivity index (χ3n) is 5.01. The fraction of sp³-hybridized carbons (Fsp3) is 0.455. The first-order chi connectivity index (χ1) is 14.5. The molecule has 1 fully saturated rings. The standard InChI is InChI=1S/C22H30ClN5OS/c1-3-24-22(26-17-9-12-28(13-10-17)21-5-4-14-30-21)25-11-8-20(29)27-19-7-6-16(2)15-18(19)23/h4-7,14-15,17H,3,8-13H2,1-2H3,(H,27,29)(H2,24,25,26). The molecule has 2 aromatic rings. The van der Waals surface area contributed by atoms with Gasteiger partial charge in [0.05, 0.1) is 22.3 Å². The molecule has 1 aromatic carbocycles. The number of aliphatic imine (C=N–C) groups is 1. The minimum Gasteiger partial charge on any atom is -0.363 e. The molecule has 3 N–H and O–H groups in total. The molecule has 3 rings (SSSR count). The number of thiophene rings is 1. The Kier molecular flexibility index (Phi) is 8.39. The van der Waals surface area contributed by atoms with Crippen LogP contribution in [0.1, 0.15) is 31.7 Å². The molecule has 0 bridgehead atoms. The normalized spacial score (nSPS) is 15.2. The highest BCUT2D eigenvalue weighted by molar-refractivity contribution is 7.14. The van der Waals surface area contributed by atoms with Crippen molar-refractivity contribution in [3.63, 3.8) is 0 Å². The van der Waals surface area contributed by atoms with E-state index in [1.54, 1.807) is 11.3 Å². The van der Waals surface area contributed by atoms with Crippen molar-refractivity contribution in [2.45, 2.75) is 39.2 Å². The number of amides is 1. The molecule has 0 saturated carbocycles. The van der Waals surface area contributed by atoms with Gasteiger partial charge < -0.3 is 20.9 Å². The van der Waals surface area contributed by atoms with E-state index < -0.39 is 0 Å². The van der Waals surface area contributed by atoms with Gasteiger partial charge >= 0.3 is 0 Å². The van der Waals surface area contributed by atoms with Crippen LogP contribution in [0.2, 0.25) is 5.02 Å². The molecule has 0 radical (unpaired) electrons. The Morgan fingerprint density at radius 3 is 2.77 bits per heavy atom. The highest BCUT2D eigenvalue weighted by atomic mass is 35.5. The smallest absolute Gasteiger partial charge is 0.226 e. The maximum absolute atomic E-state index is 12.2. The topological polar surface area (TPSA) is 68.8 Å². The van der Waals surface area contributed by atoms with Crippen molar-refractivity contribution in [2.75, 3.05) is 36.4 Å². The Morgan fingerprint density at radius 1 is 1.30 bits per heavy atom. The number of benzene rings is 1. The Balaban J connectivity index is 1.45. The summed E-state index contributed by atoms with van der Waals surface area (Å²) in [6.45, 7) is 7.29. The van der Waals surface area contributed by atoms with Gasteiger partial charge in [-0.25, -0.2) is 0 Å². The molecule has 1 aromatic heterocycles. The average molecular weight is 448 g/mol. The molecule has 1 saturated heterocycles. The fourth-order valence-electron chi connectivity index (χ4n) is 3.41. The zero-order valence-corrected chi connectivity index (χ0v) is 19.2. The number of carbonyl (C=O) groups is 1. The number of anilines is 2. The molecular weight excluding hydrogens is 418 g/mol. The lowest BCUT2D eigenvalue weighted by Gasteiger charge is -2.33. The molecule has 162 valence electrons. The minimum atomic E-state index is -0.0930. The van der Waals surface area contributed by atoms with Crippen LogP contribution in [0.5, 0.6) is 0 Å². The highest BCUT2D eigenvalue weighted by Crippen LogP contribution is 2.25. The summed E-state index contributed by atoms with van der Waals surface area (Å²) in [5.74, 6) is 0.679. The number of nitrogens with one attached hydrogen (secondary N) is 3. The largest absolute Gasteiger partial charge is 0.363 e. The van der Waals surface area contributed by atoms with E-state index in [-0.39, 0.29) is 5.91 Å². The van der Waals surface area contributed by atoms with E-state index in [0.717, 1.165) is 44.0 Å². The molecule has 0 aliphatic carbocycles. The summed E-state index contributed by atoms with van der Waals surface area (Å²) >= 11 is 7.98. The van der Waals surface area contributed by atoms with Gasteiger partial charge in [0.15, 0.2) is 5.96 Å². The van der Waals surface area contributed by atoms with E-state index in [2.05, 4.69) is 43.4 Å². The average Bonchev–Trinajstić information content (AvgIpc) is 3.26. The summed E-state index contributed by atoms with van der Waals surface area (Å²) in [5, 5.41) is 13.7. The molecule has 2 heterocycles. The summed E-state index contributed by atoms with van der Waals surface area (Å²) in [4.78, 5) is 19.3. The van der Waals surface area contributed by atoms with Crippen LogP contribution in [0.25, 0.3) is 0 Å². The summed E-state index contributed by atoms with van der Waals surface area (Å²) in [7, 11) is 0. The number of aryl methyl sites for hydroxylation is 1. The van der Waals surface area contributed by atoms with Crippen molar-refractivity contribution >= 4 is 45.5 Å². The van der Waals surface area contributed by atoms with Crippen molar-refractivity contribution in [3.05, 3.63) is 46.3 Å². The molecule has 1 aliphatic rings. The lowest BCUT2D eigenvalue weighted by molar-refractivity contribution is -0.116. The Labute approximate surface area is 187 Å². The predicted octanol–water partition coefficient (Wildman–Crippen LogP) is 4.26. The van der Waals surface area contributed by atoms with Crippen LogP contribution < -0.4 is 20.9 Å². The van der Waals surface area contributed by atoms with Gasteiger partial charge in [-0.05, 0) is 61.9 Å². The zero-order valence-electron chi connectivity index (χ0n) is 17.6. The summed E-state index contributed by atoms with van der Waals surface area (Å²) in [6.07, 6.45) is 2.43. The first kappa shape index (κ1) is 22.4. The van der Waals surface area contributed by atoms with Crippen LogP contribution in [0.3, 0.4) is 0 Å². The van der Waals surface area contributed by atoms with Gasteiger partial charge in [0.1, 0.15) is 0 Å². The molecule has 6 nitrogen and oxygen atoms in total. The molecule has 0 unspecified atom stereocenters. The number of halogens is 1. The summed E-state index contributed by atoms with van der Waals surface area (Å²) < 4.78 is 0. The second kappa shape index (κ2) is 11.2. The number of carbonyl (C=O) groups excluding carboxylic acids is 1. The highest BCUT2D eigenvalue weighted by Gasteiger charge is 2.20. The summed E-state index contributed by atoms with van der Waals surface area (Å²) in [5.41, 5.74) is 1.70. The SMILES string of the molecule is CCNC(=NCCC(=O)Nc1ccc(C)cc1Cl)NC1CCN(c2cccs2)CC1. The molecule has 1 amide bonds. The van der Waals surface area contributed by atoms with Gasteiger partial charge in [0.25, 0.3) is 0 Å². The van der Waals surface area contributed by atoms with E-state index in [1.807, 2.05) is 32.0 Å². The van der Waals surface area contributed by atoms with Crippen molar-refractivity contribution in [2.24, 2.45) is 4.99 Å². The maximum atomic E-state index is 12.2. The van der Waals surface area contributed by atoms with Crippen LogP contribution in [-0.2, 0) is 4.79 Å². The van der Waals surface area contributed by atoms with Gasteiger partial charge in [-0.1, -0.05) is 17.7 Å². The molecule has 8 heteroatoms. The van der Waals surface area contributed by atoms with E-state index >= 15 is 0 Å². The number of nitrogens with zero attached hydrogens (tertiary/aromatic N) is 2. The number of guanidine groups is 1. The van der Waals surface area contributed by atoms with Crippen molar-refractivity contribution in [3.8, 4) is 0 Å². The number of hydrogen-bond donors (Lipinski definition) is 3. The van der Waals surface area contributed by atoms with E-state index in [1.165, 1.54) is 5.00 Å². The van der Waals surface area contributed by atoms with Crippen LogP contribution in [-0.4, -0.2) is 44.1 Å². The molecule has 1 aliphatic heterocycles. The lowest BCUT2D eigenvalue weighted by Crippen LogP contribution is -2.48. The Bertz CT molecular complexity index is 847. The fourth-order valence-corrected chi connectivity index (χ4v) is 4.48. The van der Waals surface area contributed by atoms with E-state index in [9.17, 15) is 4.79 Å². The Hall–Kier alpha value is -2.25. The first-order valence-electron chi connectivity index (χ1n) is 10.4. The van der Waals surface area contributed by atoms with Gasteiger partial charge in [0.2, 0.25) is 5.91 Å². The van der Waals surface area contributed by atoms with Crippen LogP contribution in [0.4, 0.5) is 10.7 Å². The van der Waals surface area contributed by atoms with Gasteiger partial charge in [-0.15, -0.1) is 11.3 Å². The van der Waals surface area contributed by atoms with Crippen molar-refractivity contribution in [1.82, 2.24) is 10.6 Å². The van der Waals surface area contributed by atoms with E-state index in [4.69, 9.17) is 11.6 Å². The molecule has 0 atom stereocenters. The monoisotopic (exact) mass is 447 g/mol. The van der Waals surface area contributed by atoms with Gasteiger partial charge in [0, 0.05) is 32.1 Å². The van der Waals surface area contributed by atoms with Gasteiger partial charge in [-0.2, -0.15) is 0 Å². The second-order valence-electron chi connectivity index (χ2n) is 7.40. The number of hydrogen-bond acceptors (Lipinski definition) is 4.